The molecule has 0 aliphatic heterocycles. The maximum absolute atomic E-state index is 10.3. The second kappa shape index (κ2) is 6.65. The van der Waals surface area contributed by atoms with Crippen LogP contribution in [0.5, 0.6) is 0 Å². The lowest BCUT2D eigenvalue weighted by Gasteiger charge is -1.88. The minimum atomic E-state index is -0.852. The van der Waals surface area contributed by atoms with Crippen LogP contribution in [-0.2, 0) is 4.79 Å². The molecule has 0 heterocycles. The first-order valence-corrected chi connectivity index (χ1v) is 4.25. The van der Waals surface area contributed by atoms with E-state index in [-0.39, 0.29) is 0 Å². The summed E-state index contributed by atoms with van der Waals surface area (Å²) in [7, 11) is 0. The zero-order chi connectivity index (χ0) is 9.40. The Bertz CT molecular complexity index is 190. The predicted molar refractivity (Wildman–Crippen MR) is 50.1 cm³/mol. The van der Waals surface area contributed by atoms with Gasteiger partial charge in [0.15, 0.2) is 0 Å². The van der Waals surface area contributed by atoms with Crippen molar-refractivity contribution in [3.05, 3.63) is 23.8 Å². The van der Waals surface area contributed by atoms with Crippen molar-refractivity contribution in [1.82, 2.24) is 0 Å². The number of hydrogen-bond acceptors (Lipinski definition) is 1. The van der Waals surface area contributed by atoms with Crippen molar-refractivity contribution in [2.75, 3.05) is 0 Å². The molecule has 12 heavy (non-hydrogen) atoms. The third-order valence-corrected chi connectivity index (χ3v) is 1.54. The molecule has 0 fully saturated rings. The van der Waals surface area contributed by atoms with Gasteiger partial charge in [-0.05, 0) is 13.3 Å². The Morgan fingerprint density at radius 1 is 1.50 bits per heavy atom. The summed E-state index contributed by atoms with van der Waals surface area (Å²) in [6.07, 6.45) is 8.79. The van der Waals surface area contributed by atoms with E-state index in [1.54, 1.807) is 19.1 Å². The van der Waals surface area contributed by atoms with E-state index in [0.29, 0.717) is 5.57 Å². The maximum atomic E-state index is 10.3. The number of allylic oxidation sites excluding steroid dienone is 3. The molecule has 0 atom stereocenters. The lowest BCUT2D eigenvalue weighted by atomic mass is 10.2. The summed E-state index contributed by atoms with van der Waals surface area (Å²) in [5.74, 6) is -0.852. The van der Waals surface area contributed by atoms with Crippen LogP contribution < -0.4 is 0 Å². The number of carboxylic acid groups (broad SMARTS) is 1. The molecule has 2 nitrogen and oxygen atoms in total. The fourth-order valence-electron chi connectivity index (χ4n) is 0.702. The van der Waals surface area contributed by atoms with E-state index in [1.165, 1.54) is 6.42 Å². The van der Waals surface area contributed by atoms with Crippen molar-refractivity contribution in [2.24, 2.45) is 0 Å². The Kier molecular flexibility index (Phi) is 6.07. The second-order valence-electron chi connectivity index (χ2n) is 2.73. The lowest BCUT2D eigenvalue weighted by molar-refractivity contribution is -0.132. The van der Waals surface area contributed by atoms with Crippen molar-refractivity contribution in [3.8, 4) is 0 Å². The Labute approximate surface area is 73.6 Å². The normalized spacial score (nSPS) is 12.3. The number of rotatable bonds is 5. The number of aliphatic carboxylic acids is 1. The predicted octanol–water partition coefficient (Wildman–Crippen LogP) is 2.76. The van der Waals surface area contributed by atoms with E-state index in [4.69, 9.17) is 5.11 Å². The second-order valence-corrected chi connectivity index (χ2v) is 2.73. The zero-order valence-corrected chi connectivity index (χ0v) is 7.71. The van der Waals surface area contributed by atoms with Crippen LogP contribution in [0.25, 0.3) is 0 Å². The minimum absolute atomic E-state index is 0.378. The summed E-state index contributed by atoms with van der Waals surface area (Å²) in [6, 6.07) is 0. The molecule has 68 valence electrons. The number of carbonyl (C=O) groups is 1. The molecule has 0 aromatic rings. The molecule has 0 bridgehead atoms. The first-order chi connectivity index (χ1) is 5.68. The topological polar surface area (TPSA) is 37.3 Å². The van der Waals surface area contributed by atoms with E-state index in [1.807, 2.05) is 6.08 Å². The van der Waals surface area contributed by atoms with Gasteiger partial charge in [-0.3, -0.25) is 0 Å². The van der Waals surface area contributed by atoms with E-state index >= 15 is 0 Å². The molecule has 1 N–H and O–H groups in total. The molecule has 0 aromatic carbocycles. The molecular weight excluding hydrogens is 152 g/mol. The Hall–Kier alpha value is -1.05. The van der Waals surface area contributed by atoms with Gasteiger partial charge in [0.1, 0.15) is 0 Å². The molecule has 0 saturated carbocycles. The van der Waals surface area contributed by atoms with Crippen LogP contribution in [0, 0.1) is 0 Å². The van der Waals surface area contributed by atoms with Crippen molar-refractivity contribution < 1.29 is 9.90 Å². The number of hydrogen-bond donors (Lipinski definition) is 1. The zero-order valence-electron chi connectivity index (χ0n) is 7.71. The van der Waals surface area contributed by atoms with Crippen LogP contribution in [0.3, 0.4) is 0 Å². The maximum Gasteiger partial charge on any atom is 0.331 e. The average Bonchev–Trinajstić information content (AvgIpc) is 2.03. The summed E-state index contributed by atoms with van der Waals surface area (Å²) in [4.78, 5) is 10.3. The highest BCUT2D eigenvalue weighted by Gasteiger charge is 1.94. The van der Waals surface area contributed by atoms with Crippen molar-refractivity contribution >= 4 is 5.97 Å². The largest absolute Gasteiger partial charge is 0.478 e. The van der Waals surface area contributed by atoms with Gasteiger partial charge >= 0.3 is 5.97 Å². The van der Waals surface area contributed by atoms with E-state index in [0.717, 1.165) is 12.8 Å². The monoisotopic (exact) mass is 168 g/mol. The number of unbranched alkanes of at least 4 members (excludes halogenated alkanes) is 2. The van der Waals surface area contributed by atoms with E-state index in [9.17, 15) is 4.79 Å². The third-order valence-electron chi connectivity index (χ3n) is 1.54. The molecule has 0 aliphatic rings. The summed E-state index contributed by atoms with van der Waals surface area (Å²) >= 11 is 0. The molecule has 0 unspecified atom stereocenters. The van der Waals surface area contributed by atoms with Gasteiger partial charge in [0, 0.05) is 5.57 Å². The van der Waals surface area contributed by atoms with Crippen molar-refractivity contribution in [1.29, 1.82) is 0 Å². The summed E-state index contributed by atoms with van der Waals surface area (Å²) in [5.41, 5.74) is 0.378. The van der Waals surface area contributed by atoms with E-state index in [2.05, 4.69) is 6.92 Å². The quantitative estimate of drug-likeness (QED) is 0.389. The molecule has 0 saturated heterocycles. The fourth-order valence-corrected chi connectivity index (χ4v) is 0.702. The molecule has 0 aliphatic carbocycles. The van der Waals surface area contributed by atoms with Crippen molar-refractivity contribution in [3.63, 3.8) is 0 Å². The minimum Gasteiger partial charge on any atom is -0.478 e. The lowest BCUT2D eigenvalue weighted by Crippen LogP contribution is -1.94. The standard InChI is InChI=1S/C10H16O2/c1-3-4-5-6-7-8-9(2)10(11)12/h6-8H,3-5H2,1-2H3,(H,11,12)/b7-6+,9-8+. The van der Waals surface area contributed by atoms with Gasteiger partial charge in [-0.2, -0.15) is 0 Å². The molecule has 0 rings (SSSR count). The smallest absolute Gasteiger partial charge is 0.331 e. The van der Waals surface area contributed by atoms with Crippen LogP contribution in [0.4, 0.5) is 0 Å². The van der Waals surface area contributed by atoms with E-state index < -0.39 is 5.97 Å². The Morgan fingerprint density at radius 2 is 2.17 bits per heavy atom. The highest BCUT2D eigenvalue weighted by Crippen LogP contribution is 1.97. The van der Waals surface area contributed by atoms with Crippen LogP contribution in [0.1, 0.15) is 33.1 Å². The molecule has 0 aromatic heterocycles. The number of carboxylic acids is 1. The first-order valence-electron chi connectivity index (χ1n) is 4.25. The van der Waals surface area contributed by atoms with Crippen molar-refractivity contribution in [2.45, 2.75) is 33.1 Å². The highest BCUT2D eigenvalue weighted by atomic mass is 16.4. The fraction of sp³-hybridized carbons (Fsp3) is 0.500. The Balaban J connectivity index is 3.71. The highest BCUT2D eigenvalue weighted by molar-refractivity contribution is 5.86. The first kappa shape index (κ1) is 11.0. The molecule has 0 amide bonds. The van der Waals surface area contributed by atoms with Gasteiger partial charge in [-0.15, -0.1) is 0 Å². The summed E-state index contributed by atoms with van der Waals surface area (Å²) in [5, 5.41) is 8.48. The third kappa shape index (κ3) is 5.71. The SMILES string of the molecule is CCCC/C=C/C=C(\C)C(=O)O. The van der Waals surface area contributed by atoms with Gasteiger partial charge in [0.05, 0.1) is 0 Å². The molecule has 0 spiro atoms. The van der Waals surface area contributed by atoms with Gasteiger partial charge in [0.25, 0.3) is 0 Å². The molecule has 0 radical (unpaired) electrons. The molecular formula is C10H16O2. The van der Waals surface area contributed by atoms with Gasteiger partial charge in [0.2, 0.25) is 0 Å². The summed E-state index contributed by atoms with van der Waals surface area (Å²) in [6.45, 7) is 3.72. The Morgan fingerprint density at radius 3 is 2.67 bits per heavy atom. The summed E-state index contributed by atoms with van der Waals surface area (Å²) < 4.78 is 0. The van der Waals surface area contributed by atoms with Crippen LogP contribution in [0.2, 0.25) is 0 Å². The van der Waals surface area contributed by atoms with Gasteiger partial charge in [-0.1, -0.05) is 38.0 Å². The van der Waals surface area contributed by atoms with Gasteiger partial charge in [-0.25, -0.2) is 4.79 Å². The van der Waals surface area contributed by atoms with Gasteiger partial charge < -0.3 is 5.11 Å². The van der Waals surface area contributed by atoms with Crippen LogP contribution in [0.15, 0.2) is 23.8 Å². The van der Waals surface area contributed by atoms with Crippen LogP contribution in [-0.4, -0.2) is 11.1 Å². The average molecular weight is 168 g/mol. The van der Waals surface area contributed by atoms with Crippen LogP contribution >= 0.6 is 0 Å². The molecule has 2 heteroatoms.